The molecule has 0 spiro atoms. The van der Waals surface area contributed by atoms with Crippen molar-refractivity contribution in [2.75, 3.05) is 13.7 Å². The Morgan fingerprint density at radius 2 is 1.88 bits per heavy atom. The molecule has 0 atom stereocenters. The Kier molecular flexibility index (Phi) is 5.41. The molecule has 0 N–H and O–H groups in total. The van der Waals surface area contributed by atoms with E-state index in [0.29, 0.717) is 19.0 Å². The lowest BCUT2D eigenvalue weighted by molar-refractivity contribution is 0.176. The first-order valence-electron chi connectivity index (χ1n) is 11.0. The van der Waals surface area contributed by atoms with E-state index < -0.39 is 0 Å². The fourth-order valence-electron chi connectivity index (χ4n) is 4.36. The van der Waals surface area contributed by atoms with Crippen LogP contribution < -0.4 is 10.4 Å². The molecular weight excluding hydrogens is 432 g/mol. The van der Waals surface area contributed by atoms with Crippen molar-refractivity contribution in [3.63, 3.8) is 0 Å². The van der Waals surface area contributed by atoms with Gasteiger partial charge in [-0.25, -0.2) is 4.79 Å². The van der Waals surface area contributed by atoms with E-state index in [-0.39, 0.29) is 5.69 Å². The molecule has 4 heterocycles. The summed E-state index contributed by atoms with van der Waals surface area (Å²) in [6.45, 7) is 4.75. The number of aromatic nitrogens is 6. The Balaban J connectivity index is 1.77. The summed E-state index contributed by atoms with van der Waals surface area (Å²) in [7, 11) is 5.24. The molecule has 0 saturated heterocycles. The Hall–Kier alpha value is -3.98. The van der Waals surface area contributed by atoms with Crippen molar-refractivity contribution in [1.29, 1.82) is 0 Å². The van der Waals surface area contributed by atoms with Crippen LogP contribution in [0.25, 0.3) is 38.8 Å². The summed E-state index contributed by atoms with van der Waals surface area (Å²) in [5.41, 5.74) is 6.33. The van der Waals surface area contributed by atoms with Gasteiger partial charge in [-0.15, -0.1) is 0 Å². The number of aryl methyl sites for hydroxylation is 3. The summed E-state index contributed by atoms with van der Waals surface area (Å²) in [5.74, 6) is 0.695. The molecule has 0 unspecified atom stereocenters. The number of hydrogen-bond donors (Lipinski definition) is 0. The van der Waals surface area contributed by atoms with Gasteiger partial charge in [-0.2, -0.15) is 5.10 Å². The zero-order valence-electron chi connectivity index (χ0n) is 19.9. The monoisotopic (exact) mass is 458 g/mol. The van der Waals surface area contributed by atoms with E-state index in [1.54, 1.807) is 34.2 Å². The van der Waals surface area contributed by atoms with E-state index in [0.717, 1.165) is 50.1 Å². The molecule has 0 saturated carbocycles. The van der Waals surface area contributed by atoms with Gasteiger partial charge in [0.25, 0.3) is 0 Å². The first kappa shape index (κ1) is 21.8. The lowest BCUT2D eigenvalue weighted by Crippen LogP contribution is -2.21. The Bertz CT molecular complexity index is 1590. The van der Waals surface area contributed by atoms with Crippen molar-refractivity contribution in [1.82, 2.24) is 28.9 Å². The molecule has 0 radical (unpaired) electrons. The Labute approximate surface area is 196 Å². The van der Waals surface area contributed by atoms with Gasteiger partial charge in [-0.05, 0) is 37.6 Å². The smallest absolute Gasteiger partial charge is 0.333 e. The molecule has 174 valence electrons. The van der Waals surface area contributed by atoms with Crippen LogP contribution in [0.2, 0.25) is 0 Å². The van der Waals surface area contributed by atoms with Crippen LogP contribution in [0.3, 0.4) is 0 Å². The number of methoxy groups -OCH3 is 1. The van der Waals surface area contributed by atoms with Gasteiger partial charge in [0, 0.05) is 44.5 Å². The molecule has 0 aliphatic heterocycles. The fraction of sp³-hybridized carbons (Fsp3) is 0.280. The predicted octanol–water partition coefficient (Wildman–Crippen LogP) is 3.53. The van der Waals surface area contributed by atoms with Crippen LogP contribution in [-0.2, 0) is 25.4 Å². The topological polar surface area (TPSA) is 89.0 Å². The van der Waals surface area contributed by atoms with E-state index in [2.05, 4.69) is 21.1 Å². The second kappa shape index (κ2) is 8.42. The van der Waals surface area contributed by atoms with Crippen molar-refractivity contribution < 1.29 is 9.47 Å². The van der Waals surface area contributed by atoms with Crippen LogP contribution in [0.5, 0.6) is 5.75 Å². The SMILES string of the molecule is CCOc1cc(-c2ccc3ncc4c(c3c2)n(-c2cn(C)nc2C)c(=O)n4C)cnc1COC. The second-order valence-electron chi connectivity index (χ2n) is 8.21. The molecule has 1 aromatic carbocycles. The number of ether oxygens (including phenoxy) is 2. The number of imidazole rings is 1. The predicted molar refractivity (Wildman–Crippen MR) is 130 cm³/mol. The van der Waals surface area contributed by atoms with Crippen LogP contribution in [0.4, 0.5) is 0 Å². The lowest BCUT2D eigenvalue weighted by atomic mass is 10.0. The van der Waals surface area contributed by atoms with Crippen LogP contribution in [-0.4, -0.2) is 42.6 Å². The number of fused-ring (bicyclic) bond motifs is 3. The zero-order chi connectivity index (χ0) is 24.0. The van der Waals surface area contributed by atoms with Crippen LogP contribution in [0.1, 0.15) is 18.3 Å². The summed E-state index contributed by atoms with van der Waals surface area (Å²) in [6.07, 6.45) is 5.42. The molecular formula is C25H26N6O3. The van der Waals surface area contributed by atoms with Crippen LogP contribution in [0, 0.1) is 6.92 Å². The van der Waals surface area contributed by atoms with Crippen molar-refractivity contribution >= 4 is 21.9 Å². The van der Waals surface area contributed by atoms with E-state index in [9.17, 15) is 4.79 Å². The maximum absolute atomic E-state index is 13.3. The summed E-state index contributed by atoms with van der Waals surface area (Å²) in [6, 6.07) is 7.99. The molecule has 4 aromatic heterocycles. The zero-order valence-corrected chi connectivity index (χ0v) is 19.9. The van der Waals surface area contributed by atoms with Crippen LogP contribution >= 0.6 is 0 Å². The molecule has 0 aliphatic rings. The third-order valence-electron chi connectivity index (χ3n) is 5.96. The highest BCUT2D eigenvalue weighted by Crippen LogP contribution is 2.32. The minimum absolute atomic E-state index is 0.143. The van der Waals surface area contributed by atoms with E-state index in [4.69, 9.17) is 9.47 Å². The molecule has 0 amide bonds. The lowest BCUT2D eigenvalue weighted by Gasteiger charge is -2.12. The van der Waals surface area contributed by atoms with Crippen LogP contribution in [0.15, 0.2) is 47.7 Å². The number of hydrogen-bond acceptors (Lipinski definition) is 6. The highest BCUT2D eigenvalue weighted by Gasteiger charge is 2.19. The highest BCUT2D eigenvalue weighted by molar-refractivity contribution is 6.04. The van der Waals surface area contributed by atoms with Crippen molar-refractivity contribution in [3.05, 3.63) is 64.7 Å². The average molecular weight is 459 g/mol. The van der Waals surface area contributed by atoms with E-state index in [1.807, 2.05) is 51.5 Å². The van der Waals surface area contributed by atoms with Gasteiger partial charge in [0.1, 0.15) is 11.4 Å². The van der Waals surface area contributed by atoms with Crippen molar-refractivity contribution in [2.24, 2.45) is 14.1 Å². The fourth-order valence-corrected chi connectivity index (χ4v) is 4.36. The third-order valence-corrected chi connectivity index (χ3v) is 5.96. The third kappa shape index (κ3) is 3.45. The summed E-state index contributed by atoms with van der Waals surface area (Å²) in [5, 5.41) is 5.31. The Morgan fingerprint density at radius 1 is 1.06 bits per heavy atom. The highest BCUT2D eigenvalue weighted by atomic mass is 16.5. The van der Waals surface area contributed by atoms with Crippen molar-refractivity contribution in [2.45, 2.75) is 20.5 Å². The van der Waals surface area contributed by atoms with E-state index >= 15 is 0 Å². The molecule has 5 aromatic rings. The van der Waals surface area contributed by atoms with Gasteiger partial charge in [0.2, 0.25) is 0 Å². The molecule has 0 fully saturated rings. The minimum Gasteiger partial charge on any atom is -0.492 e. The van der Waals surface area contributed by atoms with Crippen molar-refractivity contribution in [3.8, 4) is 22.6 Å². The van der Waals surface area contributed by atoms with Gasteiger partial charge in [-0.1, -0.05) is 6.07 Å². The number of rotatable bonds is 6. The summed E-state index contributed by atoms with van der Waals surface area (Å²) in [4.78, 5) is 22.5. The quantitative estimate of drug-likeness (QED) is 0.387. The van der Waals surface area contributed by atoms with Gasteiger partial charge in [-0.3, -0.25) is 23.8 Å². The van der Waals surface area contributed by atoms with Gasteiger partial charge in [0.05, 0.1) is 47.3 Å². The summed E-state index contributed by atoms with van der Waals surface area (Å²) >= 11 is 0. The van der Waals surface area contributed by atoms with E-state index in [1.165, 1.54) is 0 Å². The standard InChI is InChI=1S/C25H26N6O3/c1-6-34-23-10-17(11-26-20(23)14-33-5)16-7-8-19-18(9-16)24-21(12-27-19)30(4)25(32)31(24)22-13-29(3)28-15(22)2/h7-13H,6,14H2,1-5H3. The normalized spacial score (nSPS) is 11.6. The largest absolute Gasteiger partial charge is 0.492 e. The second-order valence-corrected chi connectivity index (χ2v) is 8.21. The molecule has 9 nitrogen and oxygen atoms in total. The first-order valence-corrected chi connectivity index (χ1v) is 11.0. The maximum Gasteiger partial charge on any atom is 0.333 e. The minimum atomic E-state index is -0.143. The first-order chi connectivity index (χ1) is 16.4. The molecule has 5 rings (SSSR count). The van der Waals surface area contributed by atoms with Gasteiger partial charge >= 0.3 is 5.69 Å². The van der Waals surface area contributed by atoms with Gasteiger partial charge in [0.15, 0.2) is 0 Å². The number of benzene rings is 1. The van der Waals surface area contributed by atoms with Gasteiger partial charge < -0.3 is 9.47 Å². The molecule has 9 heteroatoms. The molecule has 0 bridgehead atoms. The summed E-state index contributed by atoms with van der Waals surface area (Å²) < 4.78 is 16.1. The molecule has 34 heavy (non-hydrogen) atoms. The maximum atomic E-state index is 13.3. The Morgan fingerprint density at radius 3 is 2.59 bits per heavy atom. The number of pyridine rings is 2. The molecule has 0 aliphatic carbocycles. The number of nitrogens with zero attached hydrogens (tertiary/aromatic N) is 6. The average Bonchev–Trinajstić information content (AvgIpc) is 3.29.